The average molecular weight is 180 g/mol. The van der Waals surface area contributed by atoms with Gasteiger partial charge in [0.25, 0.3) is 0 Å². The van der Waals surface area contributed by atoms with Crippen LogP contribution < -0.4 is 5.73 Å². The minimum absolute atomic E-state index is 0.359. The van der Waals surface area contributed by atoms with Crippen molar-refractivity contribution in [1.29, 1.82) is 0 Å². The molecule has 0 spiro atoms. The number of rotatable bonds is 4. The highest BCUT2D eigenvalue weighted by Crippen LogP contribution is 2.07. The molecule has 0 aliphatic carbocycles. The Labute approximate surface area is 77.2 Å². The summed E-state index contributed by atoms with van der Waals surface area (Å²) in [6.45, 7) is 0.435. The van der Waals surface area contributed by atoms with E-state index in [9.17, 15) is 4.79 Å². The molecule has 0 aromatic heterocycles. The summed E-state index contributed by atoms with van der Waals surface area (Å²) in [4.78, 5) is 10.7. The lowest BCUT2D eigenvalue weighted by atomic mass is 10.00. The zero-order valence-corrected chi connectivity index (χ0v) is 7.44. The molecule has 1 aromatic rings. The van der Waals surface area contributed by atoms with Crippen molar-refractivity contribution >= 4 is 5.97 Å². The molecule has 0 heterocycles. The quantitative estimate of drug-likeness (QED) is 0.693. The number of quaternary nitrogens is 1. The first kappa shape index (κ1) is 9.74. The summed E-state index contributed by atoms with van der Waals surface area (Å²) in [5, 5.41) is 8.79. The molecular formula is C10H14NO2+. The minimum Gasteiger partial charge on any atom is -0.481 e. The Kier molecular flexibility index (Phi) is 3.46. The second-order valence-electron chi connectivity index (χ2n) is 3.01. The molecule has 4 N–H and O–H groups in total. The predicted molar refractivity (Wildman–Crippen MR) is 49.0 cm³/mol. The first-order chi connectivity index (χ1) is 6.24. The van der Waals surface area contributed by atoms with Crippen LogP contribution in [0.3, 0.4) is 0 Å². The molecule has 0 fully saturated rings. The van der Waals surface area contributed by atoms with Gasteiger partial charge in [0.2, 0.25) is 0 Å². The summed E-state index contributed by atoms with van der Waals surface area (Å²) < 4.78 is 0. The molecule has 0 saturated carbocycles. The highest BCUT2D eigenvalue weighted by atomic mass is 16.4. The molecule has 0 aliphatic heterocycles. The smallest absolute Gasteiger partial charge is 0.312 e. The van der Waals surface area contributed by atoms with E-state index in [1.807, 2.05) is 30.3 Å². The monoisotopic (exact) mass is 180 g/mol. The molecule has 0 aliphatic rings. The number of hydrogen-bond donors (Lipinski definition) is 2. The van der Waals surface area contributed by atoms with E-state index >= 15 is 0 Å². The minimum atomic E-state index is -0.765. The van der Waals surface area contributed by atoms with Gasteiger partial charge in [-0.3, -0.25) is 4.79 Å². The van der Waals surface area contributed by atoms with E-state index in [1.54, 1.807) is 0 Å². The van der Waals surface area contributed by atoms with Crippen LogP contribution in [-0.4, -0.2) is 17.6 Å². The first-order valence-electron chi connectivity index (χ1n) is 4.30. The van der Waals surface area contributed by atoms with Gasteiger partial charge in [0.05, 0.1) is 6.54 Å². The largest absolute Gasteiger partial charge is 0.481 e. The lowest BCUT2D eigenvalue weighted by molar-refractivity contribution is -0.376. The Morgan fingerprint density at radius 3 is 2.46 bits per heavy atom. The fourth-order valence-corrected chi connectivity index (χ4v) is 1.21. The molecule has 13 heavy (non-hydrogen) atoms. The third-order valence-electron chi connectivity index (χ3n) is 2.02. The van der Waals surface area contributed by atoms with Gasteiger partial charge in [-0.1, -0.05) is 30.3 Å². The number of hydrogen-bond acceptors (Lipinski definition) is 1. The van der Waals surface area contributed by atoms with Crippen LogP contribution in [-0.2, 0) is 11.2 Å². The van der Waals surface area contributed by atoms with E-state index in [4.69, 9.17) is 5.11 Å². The van der Waals surface area contributed by atoms with Crippen LogP contribution in [0.25, 0.3) is 0 Å². The fraction of sp³-hybridized carbons (Fsp3) is 0.300. The number of carboxylic acid groups (broad SMARTS) is 1. The summed E-state index contributed by atoms with van der Waals surface area (Å²) in [5.74, 6) is -1.12. The number of aliphatic carboxylic acids is 1. The fourth-order valence-electron chi connectivity index (χ4n) is 1.21. The molecule has 0 bridgehead atoms. The molecular weight excluding hydrogens is 166 g/mol. The Hall–Kier alpha value is -1.35. The molecule has 3 nitrogen and oxygen atoms in total. The van der Waals surface area contributed by atoms with Crippen LogP contribution in [0.5, 0.6) is 0 Å². The summed E-state index contributed by atoms with van der Waals surface area (Å²) in [5.41, 5.74) is 4.68. The van der Waals surface area contributed by atoms with Gasteiger partial charge in [0.15, 0.2) is 0 Å². The van der Waals surface area contributed by atoms with E-state index in [0.29, 0.717) is 13.0 Å². The molecule has 1 atom stereocenters. The van der Waals surface area contributed by atoms with Crippen molar-refractivity contribution in [1.82, 2.24) is 0 Å². The van der Waals surface area contributed by atoms with Gasteiger partial charge in [0.1, 0.15) is 5.92 Å². The first-order valence-corrected chi connectivity index (χ1v) is 4.30. The Morgan fingerprint density at radius 1 is 1.38 bits per heavy atom. The van der Waals surface area contributed by atoms with Gasteiger partial charge in [-0.15, -0.1) is 0 Å². The van der Waals surface area contributed by atoms with Crippen LogP contribution in [0.4, 0.5) is 0 Å². The van der Waals surface area contributed by atoms with Crippen molar-refractivity contribution in [3.05, 3.63) is 35.9 Å². The van der Waals surface area contributed by atoms with Crippen molar-refractivity contribution < 1.29 is 15.6 Å². The molecule has 3 heteroatoms. The van der Waals surface area contributed by atoms with Crippen LogP contribution in [0.2, 0.25) is 0 Å². The standard InChI is InChI=1S/C10H13NO2/c11-7-9(10(12)13)6-8-4-2-1-3-5-8/h1-5,9H,6-7,11H2,(H,12,13)/p+1. The Balaban J connectivity index is 2.62. The molecule has 70 valence electrons. The van der Waals surface area contributed by atoms with Gasteiger partial charge < -0.3 is 10.8 Å². The molecule has 1 rings (SSSR count). The summed E-state index contributed by atoms with van der Waals surface area (Å²) in [6.07, 6.45) is 0.569. The van der Waals surface area contributed by atoms with E-state index in [1.165, 1.54) is 0 Å². The van der Waals surface area contributed by atoms with E-state index in [-0.39, 0.29) is 5.92 Å². The number of carboxylic acids is 1. The van der Waals surface area contributed by atoms with Crippen molar-refractivity contribution in [2.45, 2.75) is 6.42 Å². The van der Waals surface area contributed by atoms with Gasteiger partial charge in [-0.05, 0) is 12.0 Å². The van der Waals surface area contributed by atoms with Gasteiger partial charge in [-0.2, -0.15) is 0 Å². The highest BCUT2D eigenvalue weighted by molar-refractivity contribution is 5.70. The lowest BCUT2D eigenvalue weighted by Gasteiger charge is -2.06. The molecule has 0 radical (unpaired) electrons. The summed E-state index contributed by atoms with van der Waals surface area (Å²) in [7, 11) is 0. The molecule has 1 unspecified atom stereocenters. The van der Waals surface area contributed by atoms with Gasteiger partial charge in [-0.25, -0.2) is 0 Å². The van der Waals surface area contributed by atoms with E-state index in [2.05, 4.69) is 5.73 Å². The highest BCUT2D eigenvalue weighted by Gasteiger charge is 2.17. The number of carbonyl (C=O) groups is 1. The second-order valence-corrected chi connectivity index (χ2v) is 3.01. The maximum absolute atomic E-state index is 10.7. The zero-order valence-electron chi connectivity index (χ0n) is 7.44. The van der Waals surface area contributed by atoms with Crippen LogP contribution in [0.1, 0.15) is 5.56 Å². The molecule has 0 amide bonds. The topological polar surface area (TPSA) is 64.9 Å². The SMILES string of the molecule is [NH3+]CC(Cc1ccccc1)C(=O)O. The third kappa shape index (κ3) is 2.87. The number of benzene rings is 1. The van der Waals surface area contributed by atoms with Gasteiger partial charge in [0, 0.05) is 0 Å². The normalized spacial score (nSPS) is 12.4. The average Bonchev–Trinajstić information content (AvgIpc) is 2.15. The Bertz CT molecular complexity index is 272. The van der Waals surface area contributed by atoms with E-state index < -0.39 is 5.97 Å². The Morgan fingerprint density at radius 2 is 2.00 bits per heavy atom. The zero-order chi connectivity index (χ0) is 9.68. The molecule has 0 saturated heterocycles. The van der Waals surface area contributed by atoms with Crippen molar-refractivity contribution in [2.75, 3.05) is 6.54 Å². The third-order valence-corrected chi connectivity index (χ3v) is 2.02. The van der Waals surface area contributed by atoms with E-state index in [0.717, 1.165) is 5.56 Å². The van der Waals surface area contributed by atoms with Gasteiger partial charge >= 0.3 is 5.97 Å². The van der Waals surface area contributed by atoms with Crippen molar-refractivity contribution in [2.24, 2.45) is 5.92 Å². The maximum Gasteiger partial charge on any atom is 0.312 e. The summed E-state index contributed by atoms with van der Waals surface area (Å²) >= 11 is 0. The molecule has 1 aromatic carbocycles. The van der Waals surface area contributed by atoms with Crippen LogP contribution in [0, 0.1) is 5.92 Å². The predicted octanol–water partition coefficient (Wildman–Crippen LogP) is 0.172. The maximum atomic E-state index is 10.7. The van der Waals surface area contributed by atoms with Crippen molar-refractivity contribution in [3.8, 4) is 0 Å². The van der Waals surface area contributed by atoms with Crippen LogP contribution >= 0.6 is 0 Å². The van der Waals surface area contributed by atoms with Crippen LogP contribution in [0.15, 0.2) is 30.3 Å². The lowest BCUT2D eigenvalue weighted by Crippen LogP contribution is -2.55. The van der Waals surface area contributed by atoms with Crippen molar-refractivity contribution in [3.63, 3.8) is 0 Å². The second kappa shape index (κ2) is 4.62. The summed E-state index contributed by atoms with van der Waals surface area (Å²) in [6, 6.07) is 9.62.